The van der Waals surface area contributed by atoms with Gasteiger partial charge in [0.1, 0.15) is 0 Å². The second-order valence-electron chi connectivity index (χ2n) is 6.53. The molecule has 4 nitrogen and oxygen atoms in total. The second kappa shape index (κ2) is 1.91. The van der Waals surface area contributed by atoms with Gasteiger partial charge in [-0.3, -0.25) is 4.79 Å². The molecule has 7 aliphatic rings. The fourth-order valence-electron chi connectivity index (χ4n) is 6.82. The van der Waals surface area contributed by atoms with E-state index in [1.165, 1.54) is 0 Å². The lowest BCUT2D eigenvalue weighted by Gasteiger charge is -2.37. The van der Waals surface area contributed by atoms with Crippen molar-refractivity contribution >= 4 is 21.9 Å². The molecule has 1 saturated heterocycles. The summed E-state index contributed by atoms with van der Waals surface area (Å²) in [5, 5.41) is 9.59. The lowest BCUT2D eigenvalue weighted by atomic mass is 9.94. The summed E-state index contributed by atoms with van der Waals surface area (Å²) in [4.78, 5) is 11.6. The zero-order valence-corrected chi connectivity index (χ0v) is 10.5. The molecule has 90 valence electrons. The van der Waals surface area contributed by atoms with Crippen molar-refractivity contribution in [2.75, 3.05) is 13.2 Å². The summed E-state index contributed by atoms with van der Waals surface area (Å²) in [6.45, 7) is 1.32. The Kier molecular flexibility index (Phi) is 0.998. The Morgan fingerprint density at radius 1 is 1.18 bits per heavy atom. The molecule has 1 N–H and O–H groups in total. The number of rotatable bonds is 1. The fourth-order valence-corrected chi connectivity index (χ4v) is 8.56. The SMILES string of the molecule is O=C(O)[C@@]12[C@@H]3[C@H]4[C@H]5[C@@H]1[C@H]2[C@@](Br)([C@H]43)C51OCCO1. The molecule has 0 aromatic carbocycles. The number of carbonyl (C=O) groups is 1. The van der Waals surface area contributed by atoms with Crippen LogP contribution in [-0.2, 0) is 14.3 Å². The molecule has 0 aromatic heterocycles. The van der Waals surface area contributed by atoms with E-state index in [9.17, 15) is 9.90 Å². The average molecular weight is 299 g/mol. The highest BCUT2D eigenvalue weighted by Crippen LogP contribution is 3.04. The molecule has 0 amide bonds. The first kappa shape index (κ1) is 8.88. The van der Waals surface area contributed by atoms with Gasteiger partial charge < -0.3 is 14.6 Å². The summed E-state index contributed by atoms with van der Waals surface area (Å²) in [6.07, 6.45) is 0. The first-order valence-electron chi connectivity index (χ1n) is 6.33. The lowest BCUT2D eigenvalue weighted by Crippen LogP contribution is -2.50. The summed E-state index contributed by atoms with van der Waals surface area (Å²) in [5.41, 5.74) is -0.399. The Bertz CT molecular complexity index is 515. The Labute approximate surface area is 106 Å². The van der Waals surface area contributed by atoms with Gasteiger partial charge in [0, 0.05) is 11.8 Å². The smallest absolute Gasteiger partial charge is 0.310 e. The van der Waals surface area contributed by atoms with Crippen LogP contribution in [0.1, 0.15) is 0 Å². The van der Waals surface area contributed by atoms with E-state index in [-0.39, 0.29) is 10.2 Å². The van der Waals surface area contributed by atoms with Gasteiger partial charge in [-0.1, -0.05) is 15.9 Å². The van der Waals surface area contributed by atoms with Crippen molar-refractivity contribution in [2.24, 2.45) is 40.9 Å². The quantitative estimate of drug-likeness (QED) is 0.724. The van der Waals surface area contributed by atoms with Crippen LogP contribution in [0.2, 0.25) is 0 Å². The van der Waals surface area contributed by atoms with Gasteiger partial charge in [0.05, 0.1) is 23.0 Å². The molecule has 0 radical (unpaired) electrons. The van der Waals surface area contributed by atoms with E-state index in [1.807, 2.05) is 0 Å². The fraction of sp³-hybridized carbons (Fsp3) is 0.917. The topological polar surface area (TPSA) is 55.8 Å². The first-order chi connectivity index (χ1) is 8.13. The van der Waals surface area contributed by atoms with Crippen LogP contribution in [0.3, 0.4) is 0 Å². The number of halogens is 1. The van der Waals surface area contributed by atoms with Crippen molar-refractivity contribution in [1.29, 1.82) is 0 Å². The van der Waals surface area contributed by atoms with Crippen LogP contribution in [0.15, 0.2) is 0 Å². The van der Waals surface area contributed by atoms with Gasteiger partial charge in [0.25, 0.3) is 0 Å². The highest BCUT2D eigenvalue weighted by Gasteiger charge is 3.10. The first-order valence-corrected chi connectivity index (χ1v) is 7.13. The van der Waals surface area contributed by atoms with Gasteiger partial charge in [0.15, 0.2) is 5.79 Å². The Morgan fingerprint density at radius 2 is 1.88 bits per heavy atom. The third-order valence-electron chi connectivity index (χ3n) is 6.74. The molecule has 1 heterocycles. The number of hydrogen-bond acceptors (Lipinski definition) is 3. The summed E-state index contributed by atoms with van der Waals surface area (Å²) in [5.74, 6) is 1.35. The molecule has 1 spiro atoms. The predicted octanol–water partition coefficient (Wildman–Crippen LogP) is 0.699. The van der Waals surface area contributed by atoms with Crippen molar-refractivity contribution < 1.29 is 19.4 Å². The maximum atomic E-state index is 11.6. The second-order valence-corrected chi connectivity index (χ2v) is 7.84. The predicted molar refractivity (Wildman–Crippen MR) is 57.3 cm³/mol. The van der Waals surface area contributed by atoms with Gasteiger partial charge in [-0.15, -0.1) is 0 Å². The van der Waals surface area contributed by atoms with Gasteiger partial charge in [-0.2, -0.15) is 0 Å². The van der Waals surface area contributed by atoms with E-state index < -0.39 is 17.2 Å². The minimum Gasteiger partial charge on any atom is -0.481 e. The van der Waals surface area contributed by atoms with Crippen LogP contribution >= 0.6 is 15.9 Å². The molecular formula is C12H11BrO4. The van der Waals surface area contributed by atoms with Crippen molar-refractivity contribution in [3.63, 3.8) is 0 Å². The van der Waals surface area contributed by atoms with E-state index in [0.29, 0.717) is 42.8 Å². The van der Waals surface area contributed by atoms with Crippen LogP contribution in [0.25, 0.3) is 0 Å². The zero-order chi connectivity index (χ0) is 11.4. The number of aliphatic carboxylic acids is 1. The molecule has 0 unspecified atom stereocenters. The lowest BCUT2D eigenvalue weighted by molar-refractivity contribution is -0.193. The monoisotopic (exact) mass is 298 g/mol. The van der Waals surface area contributed by atoms with E-state index in [2.05, 4.69) is 15.9 Å². The number of ether oxygens (including phenoxy) is 2. The molecule has 7 rings (SSSR count). The van der Waals surface area contributed by atoms with Crippen molar-refractivity contribution in [2.45, 2.75) is 10.1 Å². The van der Waals surface area contributed by atoms with E-state index >= 15 is 0 Å². The summed E-state index contributed by atoms with van der Waals surface area (Å²) < 4.78 is 11.8. The molecule has 6 aliphatic carbocycles. The standard InChI is InChI=1S/C12H11BrO4/c13-11-5-3-4(5)10(9(14)15)7(8(10)11)6(3)12(11)16-1-2-17-12/h3-8H,1-2H2,(H,14,15)/t3-,4-,5-,6+,7-,8-,10+,11+/m1/s1. The van der Waals surface area contributed by atoms with Gasteiger partial charge >= 0.3 is 5.97 Å². The van der Waals surface area contributed by atoms with Crippen molar-refractivity contribution in [1.82, 2.24) is 0 Å². The molecule has 2 bridgehead atoms. The van der Waals surface area contributed by atoms with Crippen molar-refractivity contribution in [3.05, 3.63) is 0 Å². The van der Waals surface area contributed by atoms with Crippen molar-refractivity contribution in [3.8, 4) is 0 Å². The molecule has 5 heteroatoms. The highest BCUT2D eigenvalue weighted by atomic mass is 79.9. The third kappa shape index (κ3) is 0.479. The van der Waals surface area contributed by atoms with Gasteiger partial charge in [0.2, 0.25) is 0 Å². The molecular weight excluding hydrogens is 288 g/mol. The van der Waals surface area contributed by atoms with Gasteiger partial charge in [-0.25, -0.2) is 0 Å². The van der Waals surface area contributed by atoms with E-state index in [1.54, 1.807) is 0 Å². The van der Waals surface area contributed by atoms with E-state index in [4.69, 9.17) is 9.47 Å². The molecule has 6 saturated carbocycles. The molecule has 7 fully saturated rings. The average Bonchev–Trinajstić information content (AvgIpc) is 2.97. The van der Waals surface area contributed by atoms with Crippen LogP contribution in [0.5, 0.6) is 0 Å². The maximum Gasteiger partial charge on any atom is 0.310 e. The zero-order valence-electron chi connectivity index (χ0n) is 8.93. The summed E-state index contributed by atoms with van der Waals surface area (Å²) >= 11 is 3.90. The number of carboxylic acids is 1. The van der Waals surface area contributed by atoms with E-state index in [0.717, 1.165) is 0 Å². The third-order valence-corrected chi connectivity index (χ3v) is 8.32. The number of hydrogen-bond donors (Lipinski definition) is 1. The van der Waals surface area contributed by atoms with Crippen LogP contribution in [-0.4, -0.2) is 34.4 Å². The number of alkyl halides is 1. The van der Waals surface area contributed by atoms with Crippen LogP contribution in [0, 0.1) is 40.9 Å². The minimum absolute atomic E-state index is 0.181. The maximum absolute atomic E-state index is 11.6. The molecule has 0 aromatic rings. The van der Waals surface area contributed by atoms with Crippen LogP contribution < -0.4 is 0 Å². The Morgan fingerprint density at radius 3 is 2.29 bits per heavy atom. The summed E-state index contributed by atoms with van der Waals surface area (Å²) in [6, 6.07) is 0. The molecule has 1 aliphatic heterocycles. The normalized spacial score (nSPS) is 73.5. The minimum atomic E-state index is -0.568. The number of carboxylic acid groups (broad SMARTS) is 1. The largest absolute Gasteiger partial charge is 0.481 e. The molecule has 17 heavy (non-hydrogen) atoms. The Balaban J connectivity index is 1.63. The Hall–Kier alpha value is -0.130. The highest BCUT2D eigenvalue weighted by molar-refractivity contribution is 9.10. The van der Waals surface area contributed by atoms with Crippen LogP contribution in [0.4, 0.5) is 0 Å². The summed E-state index contributed by atoms with van der Waals surface area (Å²) in [7, 11) is 0. The van der Waals surface area contributed by atoms with Gasteiger partial charge in [-0.05, 0) is 23.7 Å². The molecule has 8 atom stereocenters.